The van der Waals surface area contributed by atoms with E-state index in [0.29, 0.717) is 34.1 Å². The molecule has 2 aromatic carbocycles. The maximum Gasteiger partial charge on any atom is 0.324 e. The number of halogens is 1. The van der Waals surface area contributed by atoms with Crippen LogP contribution in [0.2, 0.25) is 0 Å². The van der Waals surface area contributed by atoms with Gasteiger partial charge in [-0.25, -0.2) is 17.8 Å². The molecule has 1 fully saturated rings. The Kier molecular flexibility index (Phi) is 7.53. The van der Waals surface area contributed by atoms with Crippen molar-refractivity contribution in [2.75, 3.05) is 18.1 Å². The first-order valence-electron chi connectivity index (χ1n) is 11.9. The van der Waals surface area contributed by atoms with Crippen LogP contribution in [0.25, 0.3) is 10.2 Å². The third-order valence-electron chi connectivity index (χ3n) is 6.29. The summed E-state index contributed by atoms with van der Waals surface area (Å²) >= 11 is 1.93. The first-order valence-corrected chi connectivity index (χ1v) is 15.0. The molecule has 0 radical (unpaired) electrons. The summed E-state index contributed by atoms with van der Waals surface area (Å²) in [5.41, 5.74) is 0.620. The second-order valence-electron chi connectivity index (χ2n) is 9.01. The quantitative estimate of drug-likeness (QED) is 0.160. The number of amides is 1. The lowest BCUT2D eigenvalue weighted by Gasteiger charge is -2.29. The molecule has 2 aromatic heterocycles. The predicted octanol–water partition coefficient (Wildman–Crippen LogP) is 5.51. The summed E-state index contributed by atoms with van der Waals surface area (Å²) in [5, 5.41) is 16.4. The molecule has 0 unspecified atom stereocenters. The van der Waals surface area contributed by atoms with Gasteiger partial charge in [-0.15, -0.1) is 0 Å². The minimum absolute atomic E-state index is 0.0789. The summed E-state index contributed by atoms with van der Waals surface area (Å²) in [7, 11) is -3.69. The number of thiazole rings is 1. The summed E-state index contributed by atoms with van der Waals surface area (Å²) in [6, 6.07) is 12.5. The number of sulfonamides is 1. The number of anilines is 1. The van der Waals surface area contributed by atoms with Gasteiger partial charge in [0.25, 0.3) is 5.91 Å². The van der Waals surface area contributed by atoms with Crippen molar-refractivity contribution in [2.45, 2.75) is 24.7 Å². The maximum atomic E-state index is 13.8. The lowest BCUT2D eigenvalue weighted by molar-refractivity contribution is -0.380. The van der Waals surface area contributed by atoms with Crippen molar-refractivity contribution in [1.82, 2.24) is 9.29 Å². The van der Waals surface area contributed by atoms with Gasteiger partial charge in [-0.05, 0) is 67.3 Å². The number of hydrazone groups is 1. The molecule has 5 rings (SSSR count). The topological polar surface area (TPSA) is 126 Å². The second kappa shape index (κ2) is 10.9. The fourth-order valence-electron chi connectivity index (χ4n) is 4.06. The Bertz CT molecular complexity index is 1680. The lowest BCUT2D eigenvalue weighted by Crippen LogP contribution is -2.37. The van der Waals surface area contributed by atoms with Crippen LogP contribution in [-0.2, 0) is 10.0 Å². The zero-order chi connectivity index (χ0) is 27.7. The molecular weight excluding hydrogens is 566 g/mol. The number of rotatable bonds is 7. The fourth-order valence-corrected chi connectivity index (χ4v) is 7.16. The summed E-state index contributed by atoms with van der Waals surface area (Å²) in [4.78, 5) is 29.0. The van der Waals surface area contributed by atoms with Gasteiger partial charge in [0.15, 0.2) is 0 Å². The highest BCUT2D eigenvalue weighted by Crippen LogP contribution is 2.31. The van der Waals surface area contributed by atoms with Crippen LogP contribution >= 0.6 is 22.7 Å². The molecule has 1 aliphatic rings. The molecule has 0 spiro atoms. The highest BCUT2D eigenvalue weighted by atomic mass is 32.2. The number of thiophene rings is 1. The van der Waals surface area contributed by atoms with Crippen molar-refractivity contribution < 1.29 is 22.5 Å². The smallest absolute Gasteiger partial charge is 0.267 e. The number of nitro groups is 1. The van der Waals surface area contributed by atoms with Crippen molar-refractivity contribution >= 4 is 65.2 Å². The Labute approximate surface area is 231 Å². The van der Waals surface area contributed by atoms with Crippen LogP contribution in [0.1, 0.15) is 35.0 Å². The van der Waals surface area contributed by atoms with Gasteiger partial charge < -0.3 is 0 Å². The first kappa shape index (κ1) is 27.0. The van der Waals surface area contributed by atoms with Gasteiger partial charge >= 0.3 is 5.00 Å². The van der Waals surface area contributed by atoms with Crippen LogP contribution in [0.4, 0.5) is 14.5 Å². The van der Waals surface area contributed by atoms with Crippen LogP contribution in [0.15, 0.2) is 64.6 Å². The molecule has 1 amide bonds. The lowest BCUT2D eigenvalue weighted by atomic mass is 10.0. The zero-order valence-electron chi connectivity index (χ0n) is 20.6. The van der Waals surface area contributed by atoms with E-state index in [1.165, 1.54) is 65.1 Å². The van der Waals surface area contributed by atoms with Gasteiger partial charge in [-0.2, -0.15) is 14.4 Å². The third kappa shape index (κ3) is 5.73. The molecule has 1 saturated heterocycles. The van der Waals surface area contributed by atoms with E-state index in [1.54, 1.807) is 0 Å². The molecule has 39 heavy (non-hydrogen) atoms. The van der Waals surface area contributed by atoms with Crippen molar-refractivity contribution in [3.63, 3.8) is 0 Å². The predicted molar refractivity (Wildman–Crippen MR) is 149 cm³/mol. The van der Waals surface area contributed by atoms with E-state index in [9.17, 15) is 27.7 Å². The number of hydrogen-bond acceptors (Lipinski definition) is 9. The van der Waals surface area contributed by atoms with Crippen molar-refractivity contribution in [1.29, 1.82) is 0 Å². The van der Waals surface area contributed by atoms with E-state index in [1.807, 2.05) is 0 Å². The molecule has 3 heterocycles. The first-order chi connectivity index (χ1) is 18.6. The molecule has 0 atom stereocenters. The summed E-state index contributed by atoms with van der Waals surface area (Å²) in [6.45, 7) is 3.00. The minimum Gasteiger partial charge on any atom is -0.267 e. The number of aromatic nitrogens is 1. The number of hydrogen-bond donors (Lipinski definition) is 0. The summed E-state index contributed by atoms with van der Waals surface area (Å²) in [5.74, 6) is -0.584. The standard InChI is InChI=1S/C25H22FN5O5S3/c1-16-10-12-29(13-11-16)39(35,36)20-6-2-17(3-7-20)24(32)30(27-15-19-5-9-23(37-19)31(33)34)25-28-21-8-4-18(26)14-22(21)38-25/h2-9,14-16H,10-13H2,1H3/b27-15+. The molecule has 14 heteroatoms. The van der Waals surface area contributed by atoms with Gasteiger partial charge in [0.05, 0.1) is 31.1 Å². The molecule has 1 aliphatic heterocycles. The molecule has 10 nitrogen and oxygen atoms in total. The molecular formula is C25H22FN5O5S3. The average Bonchev–Trinajstić information content (AvgIpc) is 3.56. The molecule has 202 valence electrons. The monoisotopic (exact) mass is 587 g/mol. The summed E-state index contributed by atoms with van der Waals surface area (Å²) in [6.07, 6.45) is 2.89. The largest absolute Gasteiger partial charge is 0.324 e. The number of fused-ring (bicyclic) bond motifs is 1. The fraction of sp³-hybridized carbons (Fsp3) is 0.240. The Morgan fingerprint density at radius 2 is 1.87 bits per heavy atom. The highest BCUT2D eigenvalue weighted by Gasteiger charge is 2.29. The van der Waals surface area contributed by atoms with E-state index in [-0.39, 0.29) is 20.6 Å². The molecule has 0 N–H and O–H groups in total. The number of carbonyl (C=O) groups is 1. The van der Waals surface area contributed by atoms with Crippen LogP contribution in [-0.4, -0.2) is 47.8 Å². The number of piperidine rings is 1. The van der Waals surface area contributed by atoms with E-state index >= 15 is 0 Å². The summed E-state index contributed by atoms with van der Waals surface area (Å²) < 4.78 is 41.9. The molecule has 0 saturated carbocycles. The van der Waals surface area contributed by atoms with Crippen molar-refractivity contribution in [3.8, 4) is 0 Å². The Balaban J connectivity index is 1.46. The Morgan fingerprint density at radius 1 is 1.15 bits per heavy atom. The van der Waals surface area contributed by atoms with Crippen LogP contribution < -0.4 is 5.01 Å². The van der Waals surface area contributed by atoms with Gasteiger partial charge in [0.2, 0.25) is 15.2 Å². The van der Waals surface area contributed by atoms with E-state index < -0.39 is 26.7 Å². The Morgan fingerprint density at radius 3 is 2.54 bits per heavy atom. The molecule has 0 bridgehead atoms. The van der Waals surface area contributed by atoms with Gasteiger partial charge in [0.1, 0.15) is 5.82 Å². The van der Waals surface area contributed by atoms with Crippen molar-refractivity contribution in [3.05, 3.63) is 81.0 Å². The van der Waals surface area contributed by atoms with E-state index in [4.69, 9.17) is 0 Å². The Hall–Kier alpha value is -3.59. The SMILES string of the molecule is CC1CCN(S(=O)(=O)c2ccc(C(=O)N(/N=C/c3ccc([N+](=O)[O-])s3)c3nc4ccc(F)cc4s3)cc2)CC1. The van der Waals surface area contributed by atoms with E-state index in [2.05, 4.69) is 17.0 Å². The number of benzene rings is 2. The normalized spacial score (nSPS) is 15.2. The number of nitrogens with zero attached hydrogens (tertiary/aromatic N) is 5. The average molecular weight is 588 g/mol. The van der Waals surface area contributed by atoms with Crippen LogP contribution in [0, 0.1) is 21.8 Å². The van der Waals surface area contributed by atoms with E-state index in [0.717, 1.165) is 40.5 Å². The van der Waals surface area contributed by atoms with Crippen molar-refractivity contribution in [2.24, 2.45) is 11.0 Å². The van der Waals surface area contributed by atoms with Gasteiger partial charge in [-0.3, -0.25) is 14.9 Å². The van der Waals surface area contributed by atoms with Gasteiger partial charge in [-0.1, -0.05) is 29.6 Å². The molecule has 0 aliphatic carbocycles. The minimum atomic E-state index is -3.69. The van der Waals surface area contributed by atoms with Crippen LogP contribution in [0.5, 0.6) is 0 Å². The third-order valence-corrected chi connectivity index (χ3v) is 10.2. The maximum absolute atomic E-state index is 13.8. The molecule has 4 aromatic rings. The van der Waals surface area contributed by atoms with Gasteiger partial charge in [0, 0.05) is 24.7 Å². The highest BCUT2D eigenvalue weighted by molar-refractivity contribution is 7.89. The zero-order valence-corrected chi connectivity index (χ0v) is 23.0. The number of carbonyl (C=O) groups excluding carboxylic acids is 1. The second-order valence-corrected chi connectivity index (χ2v) is 13.1. The van der Waals surface area contributed by atoms with Crippen LogP contribution in [0.3, 0.4) is 0 Å².